The minimum atomic E-state index is -1.05. The lowest BCUT2D eigenvalue weighted by molar-refractivity contribution is -0.141. The zero-order valence-electron chi connectivity index (χ0n) is 10.3. The van der Waals surface area contributed by atoms with Crippen LogP contribution < -0.4 is 5.32 Å². The quantitative estimate of drug-likeness (QED) is 0.673. The number of carbonyl (C=O) groups excluding carboxylic acids is 1. The van der Waals surface area contributed by atoms with Gasteiger partial charge in [0.1, 0.15) is 6.04 Å². The number of hydrogen-bond acceptors (Lipinski definition) is 3. The zero-order valence-corrected chi connectivity index (χ0v) is 10.3. The Kier molecular flexibility index (Phi) is 4.06. The third-order valence-corrected chi connectivity index (χ3v) is 3.76. The van der Waals surface area contributed by atoms with Crippen molar-refractivity contribution in [1.29, 1.82) is 0 Å². The SMILES string of the molecule is O=C(O)C1CC(O)CN1C(=O)NC1CCCCC1. The van der Waals surface area contributed by atoms with Gasteiger partial charge >= 0.3 is 12.0 Å². The number of rotatable bonds is 2. The zero-order chi connectivity index (χ0) is 13.1. The number of β-amino-alcohol motifs (C(OH)–C–C–N with tert-alkyl or cyclic N) is 1. The molecule has 1 saturated heterocycles. The summed E-state index contributed by atoms with van der Waals surface area (Å²) in [5.74, 6) is -1.05. The molecule has 0 radical (unpaired) electrons. The molecule has 1 heterocycles. The predicted octanol–water partition coefficient (Wildman–Crippen LogP) is 0.548. The molecule has 1 aliphatic carbocycles. The van der Waals surface area contributed by atoms with E-state index in [4.69, 9.17) is 5.11 Å². The van der Waals surface area contributed by atoms with Crippen LogP contribution in [0.5, 0.6) is 0 Å². The average molecular weight is 256 g/mol. The summed E-state index contributed by atoms with van der Waals surface area (Å²) in [6, 6.07) is -1.10. The van der Waals surface area contributed by atoms with Crippen molar-refractivity contribution in [3.8, 4) is 0 Å². The van der Waals surface area contributed by atoms with Crippen molar-refractivity contribution in [1.82, 2.24) is 10.2 Å². The summed E-state index contributed by atoms with van der Waals surface area (Å²) < 4.78 is 0. The number of aliphatic hydroxyl groups excluding tert-OH is 1. The highest BCUT2D eigenvalue weighted by molar-refractivity contribution is 5.83. The average Bonchev–Trinajstić information content (AvgIpc) is 2.73. The molecule has 2 fully saturated rings. The van der Waals surface area contributed by atoms with Crippen LogP contribution in [0.25, 0.3) is 0 Å². The molecule has 6 heteroatoms. The number of carbonyl (C=O) groups is 2. The Bertz CT molecular complexity index is 328. The van der Waals surface area contributed by atoms with Gasteiger partial charge in [0.05, 0.1) is 6.10 Å². The van der Waals surface area contributed by atoms with Gasteiger partial charge in [-0.25, -0.2) is 9.59 Å². The van der Waals surface area contributed by atoms with E-state index in [1.54, 1.807) is 0 Å². The molecular formula is C12H20N2O4. The van der Waals surface area contributed by atoms with Gasteiger partial charge in [-0.1, -0.05) is 19.3 Å². The summed E-state index contributed by atoms with van der Waals surface area (Å²) in [6.07, 6.45) is 4.72. The fourth-order valence-corrected chi connectivity index (χ4v) is 2.78. The molecule has 2 rings (SSSR count). The molecule has 3 N–H and O–H groups in total. The molecule has 0 spiro atoms. The largest absolute Gasteiger partial charge is 0.480 e. The van der Waals surface area contributed by atoms with Crippen molar-refractivity contribution in [2.45, 2.75) is 56.7 Å². The normalized spacial score (nSPS) is 29.3. The number of carboxylic acid groups (broad SMARTS) is 1. The molecule has 18 heavy (non-hydrogen) atoms. The fourth-order valence-electron chi connectivity index (χ4n) is 2.78. The van der Waals surface area contributed by atoms with E-state index in [9.17, 15) is 14.7 Å². The first-order valence-corrected chi connectivity index (χ1v) is 6.56. The smallest absolute Gasteiger partial charge is 0.326 e. The first-order chi connectivity index (χ1) is 8.58. The van der Waals surface area contributed by atoms with Crippen molar-refractivity contribution in [2.24, 2.45) is 0 Å². The maximum absolute atomic E-state index is 12.0. The summed E-state index contributed by atoms with van der Waals surface area (Å²) >= 11 is 0. The van der Waals surface area contributed by atoms with E-state index in [0.717, 1.165) is 25.7 Å². The van der Waals surface area contributed by atoms with Crippen molar-refractivity contribution < 1.29 is 19.8 Å². The lowest BCUT2D eigenvalue weighted by atomic mass is 9.96. The Labute approximate surface area is 106 Å². The number of nitrogens with zero attached hydrogens (tertiary/aromatic N) is 1. The number of likely N-dealkylation sites (tertiary alicyclic amines) is 1. The first kappa shape index (κ1) is 13.1. The highest BCUT2D eigenvalue weighted by Gasteiger charge is 2.39. The monoisotopic (exact) mass is 256 g/mol. The molecule has 102 valence electrons. The first-order valence-electron chi connectivity index (χ1n) is 6.56. The molecule has 2 aliphatic rings. The number of aliphatic carboxylic acids is 1. The molecule has 0 bridgehead atoms. The van der Waals surface area contributed by atoms with Gasteiger partial charge in [0, 0.05) is 19.0 Å². The molecule has 2 atom stereocenters. The topological polar surface area (TPSA) is 89.9 Å². The summed E-state index contributed by atoms with van der Waals surface area (Å²) in [5.41, 5.74) is 0. The van der Waals surface area contributed by atoms with Crippen molar-refractivity contribution in [3.63, 3.8) is 0 Å². The van der Waals surface area contributed by atoms with Gasteiger partial charge < -0.3 is 20.4 Å². The highest BCUT2D eigenvalue weighted by atomic mass is 16.4. The summed E-state index contributed by atoms with van der Waals surface area (Å²) in [6.45, 7) is 0.107. The van der Waals surface area contributed by atoms with Crippen LogP contribution in [0.15, 0.2) is 0 Å². The standard InChI is InChI=1S/C12H20N2O4/c15-9-6-10(11(16)17)14(7-9)12(18)13-8-4-2-1-3-5-8/h8-10,15H,1-7H2,(H,13,18)(H,16,17). The Morgan fingerprint density at radius 3 is 2.44 bits per heavy atom. The predicted molar refractivity (Wildman–Crippen MR) is 64.2 cm³/mol. The van der Waals surface area contributed by atoms with Crippen LogP contribution in [-0.4, -0.2) is 51.8 Å². The van der Waals surface area contributed by atoms with E-state index in [0.29, 0.717) is 0 Å². The van der Waals surface area contributed by atoms with Gasteiger partial charge in [-0.3, -0.25) is 0 Å². The molecule has 6 nitrogen and oxygen atoms in total. The maximum atomic E-state index is 12.0. The number of urea groups is 1. The van der Waals surface area contributed by atoms with Gasteiger partial charge in [0.15, 0.2) is 0 Å². The number of hydrogen-bond donors (Lipinski definition) is 3. The third-order valence-electron chi connectivity index (χ3n) is 3.76. The maximum Gasteiger partial charge on any atom is 0.326 e. The van der Waals surface area contributed by atoms with Crippen molar-refractivity contribution in [2.75, 3.05) is 6.54 Å². The van der Waals surface area contributed by atoms with Gasteiger partial charge in [0.2, 0.25) is 0 Å². The molecule has 1 saturated carbocycles. The minimum absolute atomic E-state index is 0.107. The van der Waals surface area contributed by atoms with Crippen molar-refractivity contribution in [3.05, 3.63) is 0 Å². The van der Waals surface area contributed by atoms with Crippen molar-refractivity contribution >= 4 is 12.0 Å². The van der Waals surface area contributed by atoms with E-state index in [2.05, 4.69) is 5.32 Å². The van der Waals surface area contributed by atoms with Crippen LogP contribution >= 0.6 is 0 Å². The molecule has 0 aromatic carbocycles. The number of amides is 2. The molecule has 1 aliphatic heterocycles. The lowest BCUT2D eigenvalue weighted by Gasteiger charge is -2.27. The molecule has 2 unspecified atom stereocenters. The van der Waals surface area contributed by atoms with Gasteiger partial charge in [-0.15, -0.1) is 0 Å². The van der Waals surface area contributed by atoms with Gasteiger partial charge in [0.25, 0.3) is 0 Å². The number of nitrogens with one attached hydrogen (secondary N) is 1. The summed E-state index contributed by atoms with van der Waals surface area (Å²) in [4.78, 5) is 24.3. The van der Waals surface area contributed by atoms with Crippen LogP contribution in [-0.2, 0) is 4.79 Å². The Hall–Kier alpha value is -1.30. The molecular weight excluding hydrogens is 236 g/mol. The van der Waals surface area contributed by atoms with Crippen LogP contribution in [0.2, 0.25) is 0 Å². The second kappa shape index (κ2) is 5.56. The van der Waals surface area contributed by atoms with Crippen LogP contribution in [0, 0.1) is 0 Å². The van der Waals surface area contributed by atoms with E-state index < -0.39 is 18.1 Å². The highest BCUT2D eigenvalue weighted by Crippen LogP contribution is 2.21. The van der Waals surface area contributed by atoms with Crippen LogP contribution in [0.3, 0.4) is 0 Å². The van der Waals surface area contributed by atoms with E-state index in [1.165, 1.54) is 11.3 Å². The van der Waals surface area contributed by atoms with Gasteiger partial charge in [-0.05, 0) is 12.8 Å². The Morgan fingerprint density at radius 1 is 1.17 bits per heavy atom. The number of aliphatic hydroxyl groups is 1. The van der Waals surface area contributed by atoms with E-state index in [-0.39, 0.29) is 25.0 Å². The second-order valence-electron chi connectivity index (χ2n) is 5.18. The summed E-state index contributed by atoms with van der Waals surface area (Å²) in [7, 11) is 0. The Balaban J connectivity index is 1.92. The van der Waals surface area contributed by atoms with E-state index in [1.807, 2.05) is 0 Å². The van der Waals surface area contributed by atoms with Crippen LogP contribution in [0.4, 0.5) is 4.79 Å². The van der Waals surface area contributed by atoms with Gasteiger partial charge in [-0.2, -0.15) is 0 Å². The fraction of sp³-hybridized carbons (Fsp3) is 0.833. The molecule has 0 aromatic heterocycles. The Morgan fingerprint density at radius 2 is 1.83 bits per heavy atom. The molecule has 0 aromatic rings. The molecule has 2 amide bonds. The van der Waals surface area contributed by atoms with Crippen LogP contribution in [0.1, 0.15) is 38.5 Å². The second-order valence-corrected chi connectivity index (χ2v) is 5.18. The number of carboxylic acids is 1. The lowest BCUT2D eigenvalue weighted by Crippen LogP contribution is -2.49. The summed E-state index contributed by atoms with van der Waals surface area (Å²) in [5, 5.41) is 21.4. The van der Waals surface area contributed by atoms with E-state index >= 15 is 0 Å². The minimum Gasteiger partial charge on any atom is -0.480 e. The third kappa shape index (κ3) is 2.93.